The van der Waals surface area contributed by atoms with E-state index in [1.807, 2.05) is 0 Å². The molecule has 0 fully saturated rings. The third kappa shape index (κ3) is 5.09. The Hall–Kier alpha value is -5.47. The van der Waals surface area contributed by atoms with Crippen molar-refractivity contribution in [2.75, 3.05) is 0 Å². The summed E-state index contributed by atoms with van der Waals surface area (Å²) in [6, 6.07) is 42.8. The molecule has 1 aromatic heterocycles. The first-order valence-corrected chi connectivity index (χ1v) is 15.6. The summed E-state index contributed by atoms with van der Waals surface area (Å²) in [5.74, 6) is 0. The van der Waals surface area contributed by atoms with Crippen LogP contribution in [0.4, 0.5) is 0 Å². The van der Waals surface area contributed by atoms with Gasteiger partial charge >= 0.3 is 0 Å². The predicted octanol–water partition coefficient (Wildman–Crippen LogP) is 12.4. The minimum Gasteiger partial charge on any atom is -0.456 e. The van der Waals surface area contributed by atoms with Crippen molar-refractivity contribution < 1.29 is 4.42 Å². The maximum atomic E-state index is 8.86. The van der Waals surface area contributed by atoms with Gasteiger partial charge in [0.05, 0.1) is 0 Å². The molecular weight excluding hydrogens is 546 g/mol. The van der Waals surface area contributed by atoms with E-state index in [0.717, 1.165) is 72.9 Å². The van der Waals surface area contributed by atoms with Crippen molar-refractivity contribution in [3.8, 4) is 22.3 Å². The van der Waals surface area contributed by atoms with Gasteiger partial charge in [-0.15, -0.1) is 0 Å². The molecule has 45 heavy (non-hydrogen) atoms. The first-order chi connectivity index (χ1) is 22.1. The van der Waals surface area contributed by atoms with Gasteiger partial charge in [-0.2, -0.15) is 0 Å². The van der Waals surface area contributed by atoms with Crippen LogP contribution in [0.1, 0.15) is 35.6 Å². The molecule has 6 aromatic carbocycles. The van der Waals surface area contributed by atoms with Gasteiger partial charge in [-0.05, 0) is 105 Å². The van der Waals surface area contributed by atoms with Crippen molar-refractivity contribution in [1.82, 2.24) is 0 Å². The zero-order valence-electron chi connectivity index (χ0n) is 25.9. The Labute approximate surface area is 264 Å². The molecule has 0 spiro atoms. The summed E-state index contributed by atoms with van der Waals surface area (Å²) in [4.78, 5) is 0. The second-order valence-corrected chi connectivity index (χ2v) is 11.7. The van der Waals surface area contributed by atoms with Crippen molar-refractivity contribution in [1.29, 1.82) is 5.41 Å². The van der Waals surface area contributed by atoms with E-state index in [2.05, 4.69) is 154 Å². The molecule has 7 aromatic rings. The van der Waals surface area contributed by atoms with E-state index in [1.54, 1.807) is 0 Å². The van der Waals surface area contributed by atoms with Crippen LogP contribution in [0.2, 0.25) is 0 Å². The van der Waals surface area contributed by atoms with Crippen molar-refractivity contribution >= 4 is 55.8 Å². The molecule has 2 nitrogen and oxygen atoms in total. The van der Waals surface area contributed by atoms with E-state index in [4.69, 9.17) is 9.83 Å². The van der Waals surface area contributed by atoms with Crippen LogP contribution in [-0.4, -0.2) is 6.21 Å². The summed E-state index contributed by atoms with van der Waals surface area (Å²) in [5.41, 5.74) is 10.2. The van der Waals surface area contributed by atoms with Crippen LogP contribution in [0.15, 0.2) is 132 Å². The maximum absolute atomic E-state index is 8.86. The lowest BCUT2D eigenvalue weighted by Crippen LogP contribution is -1.97. The number of fused-ring (bicyclic) bond motifs is 6. The van der Waals surface area contributed by atoms with Crippen LogP contribution in [0.5, 0.6) is 0 Å². The third-order valence-electron chi connectivity index (χ3n) is 8.77. The van der Waals surface area contributed by atoms with Gasteiger partial charge in [0.25, 0.3) is 0 Å². The number of allylic oxidation sites excluding steroid dienone is 1. The number of hydrogen-bond donors (Lipinski definition) is 1. The van der Waals surface area contributed by atoms with Gasteiger partial charge in [0.1, 0.15) is 11.2 Å². The summed E-state index contributed by atoms with van der Waals surface area (Å²) in [6.45, 7) is 6.45. The zero-order valence-corrected chi connectivity index (χ0v) is 25.9. The molecule has 0 saturated carbocycles. The highest BCUT2D eigenvalue weighted by Gasteiger charge is 2.17. The second-order valence-electron chi connectivity index (χ2n) is 11.7. The highest BCUT2D eigenvalue weighted by molar-refractivity contribution is 6.19. The quantitative estimate of drug-likeness (QED) is 0.202. The molecule has 0 aliphatic rings. The van der Waals surface area contributed by atoms with Gasteiger partial charge in [0.15, 0.2) is 0 Å². The molecule has 2 heteroatoms. The Kier molecular flexibility index (Phi) is 7.49. The Balaban J connectivity index is 1.57. The lowest BCUT2D eigenvalue weighted by molar-refractivity contribution is 0.669. The molecule has 0 unspecified atom stereocenters. The fourth-order valence-corrected chi connectivity index (χ4v) is 6.63. The van der Waals surface area contributed by atoms with E-state index in [0.29, 0.717) is 0 Å². The standard InChI is InChI=1S/C43H35NO/c1-4-5-17-36-38(27-44)42(33-20-19-30-14-8-9-16-32(30)25-33)29(3)13-7-6-12-28(2)41(36)34-21-23-37-40(26-34)45-39-24-22-31-15-10-11-18-35(31)43(37)39/h5-27,44H,4H2,1-3H3/b7-6?,12-6?,13-7?,17-5-,28-12?,29-13?,38-36?,41-28?,41-36?,42-29?,42-38?,44-27?. The fourth-order valence-electron chi connectivity index (χ4n) is 6.63. The summed E-state index contributed by atoms with van der Waals surface area (Å²) < 4.78 is 6.51. The third-order valence-corrected chi connectivity index (χ3v) is 8.77. The predicted molar refractivity (Wildman–Crippen MR) is 194 cm³/mol. The Morgan fingerprint density at radius 2 is 1.20 bits per heavy atom. The molecule has 0 bridgehead atoms. The number of nitrogens with one attached hydrogen (secondary N) is 1. The van der Waals surface area contributed by atoms with Crippen molar-refractivity contribution in [3.63, 3.8) is 0 Å². The monoisotopic (exact) mass is 581 g/mol. The average Bonchev–Trinajstić information content (AvgIpc) is 3.45. The lowest BCUT2D eigenvalue weighted by Gasteiger charge is -2.16. The van der Waals surface area contributed by atoms with Gasteiger partial charge in [0.2, 0.25) is 0 Å². The average molecular weight is 582 g/mol. The van der Waals surface area contributed by atoms with E-state index < -0.39 is 0 Å². The number of hydrogen-bond acceptors (Lipinski definition) is 2. The summed E-state index contributed by atoms with van der Waals surface area (Å²) in [6.07, 6.45) is 6.81. The smallest absolute Gasteiger partial charge is 0.136 e. The van der Waals surface area contributed by atoms with Crippen LogP contribution in [-0.2, 0) is 0 Å². The normalized spacial score (nSPS) is 11.5. The van der Waals surface area contributed by atoms with E-state index >= 15 is 0 Å². The molecular formula is C43H35NO. The number of benzene rings is 5. The van der Waals surface area contributed by atoms with Crippen molar-refractivity contribution in [3.05, 3.63) is 150 Å². The minimum atomic E-state index is 0.858. The van der Waals surface area contributed by atoms with E-state index in [9.17, 15) is 0 Å². The number of aryl methyl sites for hydroxylation is 2. The molecule has 1 heterocycles. The van der Waals surface area contributed by atoms with Crippen LogP contribution in [0, 0.1) is 19.3 Å². The van der Waals surface area contributed by atoms with Crippen LogP contribution in [0.25, 0.3) is 71.8 Å². The van der Waals surface area contributed by atoms with Crippen molar-refractivity contribution in [2.24, 2.45) is 0 Å². The topological polar surface area (TPSA) is 37.0 Å². The molecule has 0 aliphatic heterocycles. The molecule has 0 aliphatic carbocycles. The SMILES string of the molecule is CC/C=C\c1c(C=N)c(-c2ccc3ccccc3c2)c(C)ccccc(C)c1-c1ccc2c(c1)oc1ccc3ccccc3c12. The fraction of sp³-hybridized carbons (Fsp3) is 0.0930. The lowest BCUT2D eigenvalue weighted by atomic mass is 9.87. The molecule has 1 N–H and O–H groups in total. The highest BCUT2D eigenvalue weighted by atomic mass is 16.3. The van der Waals surface area contributed by atoms with Crippen LogP contribution in [0.3, 0.4) is 0 Å². The molecule has 0 atom stereocenters. The van der Waals surface area contributed by atoms with E-state index in [1.165, 1.54) is 27.8 Å². The summed E-state index contributed by atoms with van der Waals surface area (Å²) >= 11 is 0. The van der Waals surface area contributed by atoms with Crippen LogP contribution >= 0.6 is 0 Å². The number of rotatable bonds is 5. The molecule has 218 valence electrons. The first-order valence-electron chi connectivity index (χ1n) is 15.6. The Bertz CT molecular complexity index is 2350. The molecule has 0 radical (unpaired) electrons. The van der Waals surface area contributed by atoms with Gasteiger partial charge in [-0.25, -0.2) is 0 Å². The van der Waals surface area contributed by atoms with Gasteiger partial charge in [-0.3, -0.25) is 0 Å². The molecule has 7 rings (SSSR count). The van der Waals surface area contributed by atoms with Gasteiger partial charge < -0.3 is 9.83 Å². The highest BCUT2D eigenvalue weighted by Crippen LogP contribution is 2.39. The maximum Gasteiger partial charge on any atom is 0.136 e. The van der Waals surface area contributed by atoms with Crippen LogP contribution < -0.4 is 0 Å². The largest absolute Gasteiger partial charge is 0.456 e. The molecule has 0 amide bonds. The van der Waals surface area contributed by atoms with Gasteiger partial charge in [-0.1, -0.05) is 116 Å². The first kappa shape index (κ1) is 28.3. The minimum absolute atomic E-state index is 0.858. The Morgan fingerprint density at radius 3 is 1.96 bits per heavy atom. The molecule has 0 saturated heterocycles. The Morgan fingerprint density at radius 1 is 0.578 bits per heavy atom. The van der Waals surface area contributed by atoms with E-state index in [-0.39, 0.29) is 0 Å². The summed E-state index contributed by atoms with van der Waals surface area (Å²) in [5, 5.41) is 15.9. The zero-order chi connectivity index (χ0) is 30.9. The second kappa shape index (κ2) is 11.9. The number of furan rings is 1. The summed E-state index contributed by atoms with van der Waals surface area (Å²) in [7, 11) is 0. The van der Waals surface area contributed by atoms with Gasteiger partial charge in [0, 0.05) is 22.6 Å². The van der Waals surface area contributed by atoms with Crippen molar-refractivity contribution in [2.45, 2.75) is 27.2 Å².